The minimum atomic E-state index is -0.867. The fraction of sp³-hybridized carbons (Fsp3) is 0.625. The van der Waals surface area contributed by atoms with Gasteiger partial charge in [0.05, 0.1) is 13.2 Å². The predicted octanol–water partition coefficient (Wildman–Crippen LogP) is 4.25. The van der Waals surface area contributed by atoms with Crippen molar-refractivity contribution >= 4 is 29.4 Å². The number of esters is 2. The summed E-state index contributed by atoms with van der Waals surface area (Å²) >= 11 is 5.92. The minimum Gasteiger partial charge on any atom is -0.465 e. The van der Waals surface area contributed by atoms with Crippen molar-refractivity contribution in [3.05, 3.63) is 34.9 Å². The lowest BCUT2D eigenvalue weighted by atomic mass is 9.82. The molecular weight excluding hydrogens is 418 g/mol. The maximum absolute atomic E-state index is 12.7. The largest absolute Gasteiger partial charge is 0.465 e. The van der Waals surface area contributed by atoms with Crippen LogP contribution < -0.4 is 5.32 Å². The van der Waals surface area contributed by atoms with Gasteiger partial charge in [0.25, 0.3) is 5.91 Å². The molecule has 5 atom stereocenters. The molecule has 1 unspecified atom stereocenters. The van der Waals surface area contributed by atoms with Gasteiger partial charge in [0.15, 0.2) is 5.92 Å². The van der Waals surface area contributed by atoms with E-state index in [0.717, 1.165) is 19.3 Å². The number of halogens is 1. The Morgan fingerprint density at radius 3 is 2.13 bits per heavy atom. The lowest BCUT2D eigenvalue weighted by molar-refractivity contribution is -0.164. The lowest BCUT2D eigenvalue weighted by Gasteiger charge is -2.27. The average Bonchev–Trinajstić information content (AvgIpc) is 3.12. The number of carbonyl (C=O) groups is 3. The SMILES string of the molecule is CCOC(=O)C(C(=O)OCC)[C@@H]1C[C@H]2[C@H]([C@@H](CC)NC(=O)c3ccc(Cl)cc3)C2(C)C1. The number of hydrogen-bond acceptors (Lipinski definition) is 5. The van der Waals surface area contributed by atoms with Gasteiger partial charge in [-0.05, 0) is 80.5 Å². The summed E-state index contributed by atoms with van der Waals surface area (Å²) in [6.07, 6.45) is 2.33. The van der Waals surface area contributed by atoms with Gasteiger partial charge in [0.2, 0.25) is 0 Å². The molecule has 1 aromatic rings. The van der Waals surface area contributed by atoms with E-state index in [4.69, 9.17) is 21.1 Å². The zero-order valence-electron chi connectivity index (χ0n) is 18.7. The molecule has 0 spiro atoms. The lowest BCUT2D eigenvalue weighted by Crippen LogP contribution is -2.39. The molecule has 7 heteroatoms. The van der Waals surface area contributed by atoms with Crippen LogP contribution in [-0.2, 0) is 19.1 Å². The standard InChI is InChI=1S/C24H32ClNO5/c1-5-18(26-21(27)14-8-10-16(25)11-9-14)20-17-12-15(13-24(17,20)4)19(22(28)30-6-2)23(29)31-7-3/h8-11,15,17-20H,5-7,12-13H2,1-4H3,(H,26,27)/t15-,17+,18-,20-,24?/m1/s1. The Kier molecular flexibility index (Phi) is 7.30. The van der Waals surface area contributed by atoms with E-state index in [1.165, 1.54) is 0 Å². The van der Waals surface area contributed by atoms with Crippen LogP contribution >= 0.6 is 11.6 Å². The first-order valence-corrected chi connectivity index (χ1v) is 11.5. The normalized spacial score (nSPS) is 27.4. The van der Waals surface area contributed by atoms with Crippen molar-refractivity contribution < 1.29 is 23.9 Å². The van der Waals surface area contributed by atoms with Crippen molar-refractivity contribution in [1.82, 2.24) is 5.32 Å². The van der Waals surface area contributed by atoms with E-state index < -0.39 is 17.9 Å². The van der Waals surface area contributed by atoms with Gasteiger partial charge < -0.3 is 14.8 Å². The molecular formula is C24H32ClNO5. The van der Waals surface area contributed by atoms with Crippen molar-refractivity contribution in [2.24, 2.45) is 29.1 Å². The summed E-state index contributed by atoms with van der Waals surface area (Å²) in [7, 11) is 0. The van der Waals surface area contributed by atoms with Crippen LogP contribution in [0.15, 0.2) is 24.3 Å². The van der Waals surface area contributed by atoms with Gasteiger partial charge in [-0.2, -0.15) is 0 Å². The Morgan fingerprint density at radius 2 is 1.68 bits per heavy atom. The average molecular weight is 450 g/mol. The molecule has 31 heavy (non-hydrogen) atoms. The summed E-state index contributed by atoms with van der Waals surface area (Å²) in [5, 5.41) is 3.78. The van der Waals surface area contributed by atoms with Crippen molar-refractivity contribution in [3.63, 3.8) is 0 Å². The van der Waals surface area contributed by atoms with E-state index >= 15 is 0 Å². The molecule has 1 aromatic carbocycles. The van der Waals surface area contributed by atoms with E-state index in [-0.39, 0.29) is 36.5 Å². The van der Waals surface area contributed by atoms with Crippen LogP contribution in [0, 0.1) is 29.1 Å². The molecule has 0 heterocycles. The quantitative estimate of drug-likeness (QED) is 0.450. The molecule has 2 fully saturated rings. The smallest absolute Gasteiger partial charge is 0.320 e. The van der Waals surface area contributed by atoms with Crippen LogP contribution in [0.2, 0.25) is 5.02 Å². The Labute approximate surface area is 189 Å². The Morgan fingerprint density at radius 1 is 1.10 bits per heavy atom. The molecule has 0 bridgehead atoms. The van der Waals surface area contributed by atoms with Crippen molar-refractivity contribution in [3.8, 4) is 0 Å². The first-order valence-electron chi connectivity index (χ1n) is 11.2. The number of rotatable bonds is 9. The second kappa shape index (κ2) is 9.60. The number of ether oxygens (including phenoxy) is 2. The Hall–Kier alpha value is -2.08. The molecule has 170 valence electrons. The first kappa shape index (κ1) is 23.6. The van der Waals surface area contributed by atoms with Crippen LogP contribution in [-0.4, -0.2) is 37.1 Å². The molecule has 6 nitrogen and oxygen atoms in total. The molecule has 2 aliphatic carbocycles. The molecule has 1 N–H and O–H groups in total. The molecule has 0 saturated heterocycles. The highest BCUT2D eigenvalue weighted by Gasteiger charge is 2.69. The zero-order chi connectivity index (χ0) is 22.8. The van der Waals surface area contributed by atoms with Crippen molar-refractivity contribution in [1.29, 1.82) is 0 Å². The van der Waals surface area contributed by atoms with Crippen LogP contribution in [0.3, 0.4) is 0 Å². The third-order valence-electron chi connectivity index (χ3n) is 7.04. The van der Waals surface area contributed by atoms with Crippen LogP contribution in [0.1, 0.15) is 57.3 Å². The number of carbonyl (C=O) groups excluding carboxylic acids is 3. The summed E-state index contributed by atoms with van der Waals surface area (Å²) in [6.45, 7) is 8.21. The highest BCUT2D eigenvalue weighted by Crippen LogP contribution is 2.72. The van der Waals surface area contributed by atoms with Gasteiger partial charge in [-0.3, -0.25) is 14.4 Å². The molecule has 0 aromatic heterocycles. The molecule has 1 amide bonds. The number of hydrogen-bond donors (Lipinski definition) is 1. The van der Waals surface area contributed by atoms with Crippen molar-refractivity contribution in [2.45, 2.75) is 53.0 Å². The van der Waals surface area contributed by atoms with Gasteiger partial charge >= 0.3 is 11.9 Å². The van der Waals surface area contributed by atoms with Gasteiger partial charge in [0, 0.05) is 16.6 Å². The van der Waals surface area contributed by atoms with E-state index in [1.54, 1.807) is 38.1 Å². The van der Waals surface area contributed by atoms with Crippen LogP contribution in [0.5, 0.6) is 0 Å². The predicted molar refractivity (Wildman–Crippen MR) is 118 cm³/mol. The number of nitrogens with one attached hydrogen (secondary N) is 1. The third kappa shape index (κ3) is 4.74. The minimum absolute atomic E-state index is 0.00411. The molecule has 0 radical (unpaired) electrons. The van der Waals surface area contributed by atoms with Crippen molar-refractivity contribution in [2.75, 3.05) is 13.2 Å². The second-order valence-corrected chi connectivity index (χ2v) is 9.25. The second-order valence-electron chi connectivity index (χ2n) is 8.81. The summed E-state index contributed by atoms with van der Waals surface area (Å²) < 4.78 is 10.3. The summed E-state index contributed by atoms with van der Waals surface area (Å²) in [6, 6.07) is 6.90. The first-order chi connectivity index (χ1) is 14.8. The van der Waals surface area contributed by atoms with E-state index in [9.17, 15) is 14.4 Å². The van der Waals surface area contributed by atoms with Gasteiger partial charge in [0.1, 0.15) is 0 Å². The summed E-state index contributed by atoms with van der Waals surface area (Å²) in [5.41, 5.74) is 0.580. The van der Waals surface area contributed by atoms with E-state index in [2.05, 4.69) is 19.2 Å². The summed E-state index contributed by atoms with van der Waals surface area (Å²) in [5.74, 6) is -1.35. The molecule has 3 rings (SSSR count). The fourth-order valence-electron chi connectivity index (χ4n) is 5.61. The Balaban J connectivity index is 1.67. The molecule has 2 saturated carbocycles. The van der Waals surface area contributed by atoms with E-state index in [1.807, 2.05) is 0 Å². The number of amides is 1. The molecule has 2 aliphatic rings. The maximum atomic E-state index is 12.7. The van der Waals surface area contributed by atoms with Crippen LogP contribution in [0.25, 0.3) is 0 Å². The number of fused-ring (bicyclic) bond motifs is 1. The topological polar surface area (TPSA) is 81.7 Å². The molecule has 0 aliphatic heterocycles. The Bertz CT molecular complexity index is 808. The highest BCUT2D eigenvalue weighted by molar-refractivity contribution is 6.30. The van der Waals surface area contributed by atoms with Gasteiger partial charge in [-0.25, -0.2) is 0 Å². The maximum Gasteiger partial charge on any atom is 0.320 e. The monoisotopic (exact) mass is 449 g/mol. The summed E-state index contributed by atoms with van der Waals surface area (Å²) in [4.78, 5) is 37.7. The van der Waals surface area contributed by atoms with Crippen LogP contribution in [0.4, 0.5) is 0 Å². The van der Waals surface area contributed by atoms with Gasteiger partial charge in [-0.15, -0.1) is 0 Å². The third-order valence-corrected chi connectivity index (χ3v) is 7.29. The number of benzene rings is 1. The van der Waals surface area contributed by atoms with E-state index in [0.29, 0.717) is 22.4 Å². The zero-order valence-corrected chi connectivity index (χ0v) is 19.4. The van der Waals surface area contributed by atoms with Gasteiger partial charge in [-0.1, -0.05) is 25.4 Å². The fourth-order valence-corrected chi connectivity index (χ4v) is 5.74. The highest BCUT2D eigenvalue weighted by atomic mass is 35.5.